The SMILES string of the molecule is CCN(CC)Cc1ccc(C(=O)c2c(N(C)C)sc3cc(C)ccc23)cc1OC. The number of ketones is 1. The molecule has 3 rings (SSSR count). The summed E-state index contributed by atoms with van der Waals surface area (Å²) in [4.78, 5) is 17.9. The van der Waals surface area contributed by atoms with E-state index in [2.05, 4.69) is 43.9 Å². The third-order valence-electron chi connectivity index (χ3n) is 5.30. The number of carbonyl (C=O) groups is 1. The fourth-order valence-corrected chi connectivity index (χ4v) is 4.79. The average molecular weight is 411 g/mol. The number of hydrogen-bond donors (Lipinski definition) is 0. The molecule has 3 aromatic rings. The quantitative estimate of drug-likeness (QED) is 0.468. The molecule has 0 aliphatic heterocycles. The van der Waals surface area contributed by atoms with Gasteiger partial charge in [-0.05, 0) is 37.7 Å². The Hall–Kier alpha value is -2.37. The smallest absolute Gasteiger partial charge is 0.196 e. The second-order valence-electron chi connectivity index (χ2n) is 7.49. The van der Waals surface area contributed by atoms with Crippen LogP contribution in [-0.2, 0) is 6.54 Å². The number of thiophene rings is 1. The Labute approximate surface area is 177 Å². The first-order valence-electron chi connectivity index (χ1n) is 10.0. The van der Waals surface area contributed by atoms with E-state index < -0.39 is 0 Å². The van der Waals surface area contributed by atoms with Crippen molar-refractivity contribution < 1.29 is 9.53 Å². The van der Waals surface area contributed by atoms with Crippen LogP contribution in [0.5, 0.6) is 5.75 Å². The molecule has 154 valence electrons. The summed E-state index contributed by atoms with van der Waals surface area (Å²) in [6.07, 6.45) is 0. The number of hydrogen-bond acceptors (Lipinski definition) is 5. The molecule has 2 aromatic carbocycles. The fraction of sp³-hybridized carbons (Fsp3) is 0.375. The van der Waals surface area contributed by atoms with Crippen molar-refractivity contribution in [1.29, 1.82) is 0 Å². The molecule has 5 heteroatoms. The number of aryl methyl sites for hydroxylation is 1. The number of ether oxygens (including phenoxy) is 1. The molecule has 0 radical (unpaired) electrons. The van der Waals surface area contributed by atoms with E-state index >= 15 is 0 Å². The van der Waals surface area contributed by atoms with Crippen molar-refractivity contribution in [2.24, 2.45) is 0 Å². The molecule has 1 aromatic heterocycles. The van der Waals surface area contributed by atoms with Crippen LogP contribution in [-0.4, -0.2) is 45.0 Å². The van der Waals surface area contributed by atoms with Gasteiger partial charge in [0, 0.05) is 41.9 Å². The van der Waals surface area contributed by atoms with E-state index in [1.165, 1.54) is 5.56 Å². The van der Waals surface area contributed by atoms with Crippen LogP contribution >= 0.6 is 11.3 Å². The first-order chi connectivity index (χ1) is 13.9. The molecule has 1 heterocycles. The molecule has 29 heavy (non-hydrogen) atoms. The van der Waals surface area contributed by atoms with E-state index in [9.17, 15) is 4.79 Å². The van der Waals surface area contributed by atoms with Gasteiger partial charge in [0.05, 0.1) is 12.7 Å². The molecule has 0 amide bonds. The lowest BCUT2D eigenvalue weighted by Crippen LogP contribution is -2.22. The molecule has 0 saturated carbocycles. The monoisotopic (exact) mass is 410 g/mol. The van der Waals surface area contributed by atoms with E-state index in [0.717, 1.165) is 51.6 Å². The zero-order valence-corrected chi connectivity index (χ0v) is 19.0. The van der Waals surface area contributed by atoms with E-state index in [0.29, 0.717) is 5.56 Å². The lowest BCUT2D eigenvalue weighted by atomic mass is 9.99. The van der Waals surface area contributed by atoms with E-state index in [1.807, 2.05) is 37.2 Å². The fourth-order valence-electron chi connectivity index (χ4n) is 3.57. The summed E-state index contributed by atoms with van der Waals surface area (Å²) in [5, 5.41) is 2.00. The van der Waals surface area contributed by atoms with Gasteiger partial charge < -0.3 is 9.64 Å². The van der Waals surface area contributed by atoms with Gasteiger partial charge in [0.2, 0.25) is 0 Å². The molecule has 0 aliphatic carbocycles. The van der Waals surface area contributed by atoms with Crippen LogP contribution in [0.3, 0.4) is 0 Å². The maximum atomic E-state index is 13.6. The third kappa shape index (κ3) is 4.31. The molecule has 0 aliphatic rings. The standard InChI is InChI=1S/C24H30N2O2S/c1-7-26(8-2)15-18-11-10-17(14-20(18)28-6)23(27)22-19-12-9-16(3)13-21(19)29-24(22)25(4)5/h9-14H,7-8,15H2,1-6H3. The van der Waals surface area contributed by atoms with Crippen LogP contribution < -0.4 is 9.64 Å². The Kier molecular flexibility index (Phi) is 6.60. The predicted molar refractivity (Wildman–Crippen MR) is 124 cm³/mol. The highest BCUT2D eigenvalue weighted by Crippen LogP contribution is 2.39. The van der Waals surface area contributed by atoms with Gasteiger partial charge in [0.25, 0.3) is 0 Å². The summed E-state index contributed by atoms with van der Waals surface area (Å²) >= 11 is 1.66. The highest BCUT2D eigenvalue weighted by atomic mass is 32.1. The number of rotatable bonds is 8. The molecule has 4 nitrogen and oxygen atoms in total. The van der Waals surface area contributed by atoms with Crippen LogP contribution in [0.1, 0.15) is 40.9 Å². The zero-order valence-electron chi connectivity index (χ0n) is 18.2. The predicted octanol–water partition coefficient (Wildman–Crippen LogP) is 5.36. The first kappa shape index (κ1) is 21.3. The summed E-state index contributed by atoms with van der Waals surface area (Å²) < 4.78 is 6.78. The van der Waals surface area contributed by atoms with Crippen molar-refractivity contribution in [1.82, 2.24) is 4.90 Å². The van der Waals surface area contributed by atoms with Gasteiger partial charge in [0.1, 0.15) is 10.8 Å². The number of benzene rings is 2. The van der Waals surface area contributed by atoms with Crippen molar-refractivity contribution in [2.75, 3.05) is 39.2 Å². The Morgan fingerprint density at radius 1 is 1.07 bits per heavy atom. The summed E-state index contributed by atoms with van der Waals surface area (Å²) in [5.41, 5.74) is 3.74. The van der Waals surface area contributed by atoms with Gasteiger partial charge in [-0.2, -0.15) is 0 Å². The second-order valence-corrected chi connectivity index (χ2v) is 8.52. The van der Waals surface area contributed by atoms with Crippen molar-refractivity contribution in [2.45, 2.75) is 27.3 Å². The zero-order chi connectivity index (χ0) is 21.1. The van der Waals surface area contributed by atoms with E-state index in [-0.39, 0.29) is 5.78 Å². The van der Waals surface area contributed by atoms with Crippen molar-refractivity contribution in [3.63, 3.8) is 0 Å². The molecule has 0 unspecified atom stereocenters. The Balaban J connectivity index is 2.06. The van der Waals surface area contributed by atoms with Crippen molar-refractivity contribution in [3.8, 4) is 5.75 Å². The molecule has 0 atom stereocenters. The molecule has 0 saturated heterocycles. The molecular weight excluding hydrogens is 380 g/mol. The number of carbonyl (C=O) groups excluding carboxylic acids is 1. The minimum Gasteiger partial charge on any atom is -0.496 e. The maximum Gasteiger partial charge on any atom is 0.196 e. The van der Waals surface area contributed by atoms with Crippen LogP contribution in [0.2, 0.25) is 0 Å². The van der Waals surface area contributed by atoms with Crippen LogP contribution in [0, 0.1) is 6.92 Å². The summed E-state index contributed by atoms with van der Waals surface area (Å²) in [5.74, 6) is 0.807. The molecule has 0 N–H and O–H groups in total. The van der Waals surface area contributed by atoms with Crippen molar-refractivity contribution >= 4 is 32.2 Å². The lowest BCUT2D eigenvalue weighted by Gasteiger charge is -2.20. The van der Waals surface area contributed by atoms with Crippen LogP contribution in [0.15, 0.2) is 36.4 Å². The Morgan fingerprint density at radius 3 is 2.41 bits per heavy atom. The van der Waals surface area contributed by atoms with E-state index in [1.54, 1.807) is 18.4 Å². The molecule has 0 spiro atoms. The molecule has 0 bridgehead atoms. The highest BCUT2D eigenvalue weighted by molar-refractivity contribution is 7.23. The minimum absolute atomic E-state index is 0.0384. The van der Waals surface area contributed by atoms with Gasteiger partial charge in [-0.3, -0.25) is 9.69 Å². The minimum atomic E-state index is 0.0384. The highest BCUT2D eigenvalue weighted by Gasteiger charge is 2.22. The van der Waals surface area contributed by atoms with Gasteiger partial charge in [-0.1, -0.05) is 38.1 Å². The van der Waals surface area contributed by atoms with Gasteiger partial charge in [0.15, 0.2) is 5.78 Å². The third-order valence-corrected chi connectivity index (χ3v) is 6.62. The Bertz CT molecular complexity index is 1020. The number of fused-ring (bicyclic) bond motifs is 1. The largest absolute Gasteiger partial charge is 0.496 e. The second kappa shape index (κ2) is 8.97. The normalized spacial score (nSPS) is 11.3. The summed E-state index contributed by atoms with van der Waals surface area (Å²) in [6, 6.07) is 12.1. The topological polar surface area (TPSA) is 32.8 Å². The summed E-state index contributed by atoms with van der Waals surface area (Å²) in [7, 11) is 5.65. The van der Waals surface area contributed by atoms with E-state index in [4.69, 9.17) is 4.74 Å². The summed E-state index contributed by atoms with van der Waals surface area (Å²) in [6.45, 7) is 9.16. The maximum absolute atomic E-state index is 13.6. The van der Waals surface area contributed by atoms with Gasteiger partial charge in [-0.25, -0.2) is 0 Å². The number of anilines is 1. The average Bonchev–Trinajstić information content (AvgIpc) is 3.10. The number of nitrogens with zero attached hydrogens (tertiary/aromatic N) is 2. The Morgan fingerprint density at radius 2 is 1.79 bits per heavy atom. The molecular formula is C24H30N2O2S. The van der Waals surface area contributed by atoms with Crippen LogP contribution in [0.4, 0.5) is 5.00 Å². The van der Waals surface area contributed by atoms with Crippen molar-refractivity contribution in [3.05, 3.63) is 58.7 Å². The lowest BCUT2D eigenvalue weighted by molar-refractivity contribution is 0.104. The number of methoxy groups -OCH3 is 1. The molecule has 0 fully saturated rings. The van der Waals surface area contributed by atoms with Gasteiger partial charge >= 0.3 is 0 Å². The van der Waals surface area contributed by atoms with Crippen LogP contribution in [0.25, 0.3) is 10.1 Å². The first-order valence-corrected chi connectivity index (χ1v) is 10.9. The van der Waals surface area contributed by atoms with Gasteiger partial charge in [-0.15, -0.1) is 11.3 Å².